The SMILES string of the molecule is COc1ccncc1NS(=O)(=O)c1ccccc1C(=O)N[C@@H](C)C(C)C. The van der Waals surface area contributed by atoms with Gasteiger partial charge in [0, 0.05) is 18.3 Å². The van der Waals surface area contributed by atoms with Gasteiger partial charge in [-0.1, -0.05) is 26.0 Å². The van der Waals surface area contributed by atoms with Gasteiger partial charge in [-0.25, -0.2) is 8.42 Å². The number of aromatic nitrogens is 1. The highest BCUT2D eigenvalue weighted by Gasteiger charge is 2.24. The number of nitrogens with one attached hydrogen (secondary N) is 2. The predicted molar refractivity (Wildman–Crippen MR) is 99.8 cm³/mol. The summed E-state index contributed by atoms with van der Waals surface area (Å²) in [6.45, 7) is 5.83. The van der Waals surface area contributed by atoms with Crippen LogP contribution in [0, 0.1) is 5.92 Å². The number of nitrogens with zero attached hydrogens (tertiary/aromatic N) is 1. The first-order valence-corrected chi connectivity index (χ1v) is 9.65. The normalized spacial score (nSPS) is 12.5. The fraction of sp³-hybridized carbons (Fsp3) is 0.333. The Hall–Kier alpha value is -2.61. The highest BCUT2D eigenvalue weighted by atomic mass is 32.2. The Morgan fingerprint density at radius 2 is 1.85 bits per heavy atom. The Labute approximate surface area is 153 Å². The van der Waals surface area contributed by atoms with Gasteiger partial charge in [0.2, 0.25) is 0 Å². The quantitative estimate of drug-likeness (QED) is 0.773. The molecule has 0 spiro atoms. The molecule has 0 unspecified atom stereocenters. The van der Waals surface area contributed by atoms with Crippen LogP contribution >= 0.6 is 0 Å². The molecule has 1 heterocycles. The van der Waals surface area contributed by atoms with Crippen molar-refractivity contribution in [2.45, 2.75) is 31.7 Å². The molecule has 140 valence electrons. The molecule has 0 radical (unpaired) electrons. The summed E-state index contributed by atoms with van der Waals surface area (Å²) in [6, 6.07) is 7.51. The summed E-state index contributed by atoms with van der Waals surface area (Å²) in [5.41, 5.74) is 0.274. The van der Waals surface area contributed by atoms with Gasteiger partial charge in [-0.05, 0) is 25.0 Å². The van der Waals surface area contributed by atoms with Crippen molar-refractivity contribution < 1.29 is 17.9 Å². The van der Waals surface area contributed by atoms with Gasteiger partial charge in [0.15, 0.2) is 0 Å². The second kappa shape index (κ2) is 8.18. The number of ether oxygens (including phenoxy) is 1. The molecule has 0 aliphatic rings. The Bertz CT molecular complexity index is 882. The van der Waals surface area contributed by atoms with Crippen molar-refractivity contribution in [3.05, 3.63) is 48.3 Å². The lowest BCUT2D eigenvalue weighted by molar-refractivity contribution is 0.0927. The van der Waals surface area contributed by atoms with Crippen LogP contribution in [0.1, 0.15) is 31.1 Å². The van der Waals surface area contributed by atoms with Crippen molar-refractivity contribution in [2.75, 3.05) is 11.8 Å². The maximum atomic E-state index is 12.8. The fourth-order valence-electron chi connectivity index (χ4n) is 2.18. The molecule has 2 rings (SSSR count). The number of sulfonamides is 1. The average Bonchev–Trinajstić information content (AvgIpc) is 2.61. The molecule has 2 N–H and O–H groups in total. The number of methoxy groups -OCH3 is 1. The van der Waals surface area contributed by atoms with E-state index in [9.17, 15) is 13.2 Å². The number of carbonyl (C=O) groups is 1. The van der Waals surface area contributed by atoms with Crippen LogP contribution in [-0.4, -0.2) is 32.5 Å². The van der Waals surface area contributed by atoms with E-state index < -0.39 is 15.9 Å². The summed E-state index contributed by atoms with van der Waals surface area (Å²) < 4.78 is 33.2. The smallest absolute Gasteiger partial charge is 0.262 e. The number of hydrogen-bond acceptors (Lipinski definition) is 5. The van der Waals surface area contributed by atoms with Crippen molar-refractivity contribution >= 4 is 21.6 Å². The molecule has 26 heavy (non-hydrogen) atoms. The van der Waals surface area contributed by atoms with E-state index in [2.05, 4.69) is 15.0 Å². The topological polar surface area (TPSA) is 97.4 Å². The number of rotatable bonds is 7. The van der Waals surface area contributed by atoms with E-state index in [0.717, 1.165) is 0 Å². The zero-order valence-electron chi connectivity index (χ0n) is 15.2. The van der Waals surface area contributed by atoms with Gasteiger partial charge < -0.3 is 10.1 Å². The Balaban J connectivity index is 2.37. The van der Waals surface area contributed by atoms with Crippen LogP contribution in [0.25, 0.3) is 0 Å². The zero-order valence-corrected chi connectivity index (χ0v) is 16.0. The van der Waals surface area contributed by atoms with Crippen LogP contribution < -0.4 is 14.8 Å². The summed E-state index contributed by atoms with van der Waals surface area (Å²) in [5, 5.41) is 2.83. The second-order valence-corrected chi connectivity index (χ2v) is 7.83. The van der Waals surface area contributed by atoms with Gasteiger partial charge >= 0.3 is 0 Å². The van der Waals surface area contributed by atoms with Crippen molar-refractivity contribution in [3.8, 4) is 5.75 Å². The second-order valence-electron chi connectivity index (χ2n) is 6.18. The minimum Gasteiger partial charge on any atom is -0.494 e. The van der Waals surface area contributed by atoms with Crippen LogP contribution in [0.15, 0.2) is 47.6 Å². The third kappa shape index (κ3) is 4.51. The predicted octanol–water partition coefficient (Wildman–Crippen LogP) is 2.67. The molecular formula is C18H23N3O4S. The Kier molecular flexibility index (Phi) is 6.20. The average molecular weight is 377 g/mol. The van der Waals surface area contributed by atoms with Crippen LogP contribution in [-0.2, 0) is 10.0 Å². The van der Waals surface area contributed by atoms with E-state index in [0.29, 0.717) is 5.75 Å². The molecule has 1 atom stereocenters. The van der Waals surface area contributed by atoms with Crippen LogP contribution in [0.2, 0.25) is 0 Å². The summed E-state index contributed by atoms with van der Waals surface area (Å²) in [4.78, 5) is 16.4. The number of hydrogen-bond donors (Lipinski definition) is 2. The Morgan fingerprint density at radius 1 is 1.15 bits per heavy atom. The molecule has 0 fully saturated rings. The largest absolute Gasteiger partial charge is 0.494 e. The number of carbonyl (C=O) groups excluding carboxylic acids is 1. The van der Waals surface area contributed by atoms with E-state index in [-0.39, 0.29) is 28.1 Å². The fourth-order valence-corrected chi connectivity index (χ4v) is 3.44. The highest BCUT2D eigenvalue weighted by Crippen LogP contribution is 2.26. The van der Waals surface area contributed by atoms with E-state index in [1.807, 2.05) is 20.8 Å². The van der Waals surface area contributed by atoms with E-state index >= 15 is 0 Å². The van der Waals surface area contributed by atoms with Gasteiger partial charge in [-0.15, -0.1) is 0 Å². The molecule has 0 aliphatic carbocycles. The van der Waals surface area contributed by atoms with Crippen molar-refractivity contribution in [2.24, 2.45) is 5.92 Å². The maximum absolute atomic E-state index is 12.8. The third-order valence-electron chi connectivity index (χ3n) is 4.03. The lowest BCUT2D eigenvalue weighted by Crippen LogP contribution is -2.37. The van der Waals surface area contributed by atoms with Crippen LogP contribution in [0.3, 0.4) is 0 Å². The molecule has 1 amide bonds. The lowest BCUT2D eigenvalue weighted by Gasteiger charge is -2.19. The monoisotopic (exact) mass is 377 g/mol. The molecule has 0 saturated heterocycles. The Morgan fingerprint density at radius 3 is 2.50 bits per heavy atom. The van der Waals surface area contributed by atoms with E-state index in [4.69, 9.17) is 4.74 Å². The van der Waals surface area contributed by atoms with Crippen molar-refractivity contribution in [1.29, 1.82) is 0 Å². The third-order valence-corrected chi connectivity index (χ3v) is 5.45. The van der Waals surface area contributed by atoms with Crippen LogP contribution in [0.5, 0.6) is 5.75 Å². The van der Waals surface area contributed by atoms with Gasteiger partial charge in [0.05, 0.1) is 18.9 Å². The van der Waals surface area contributed by atoms with E-state index in [1.54, 1.807) is 18.2 Å². The lowest BCUT2D eigenvalue weighted by atomic mass is 10.1. The molecular weight excluding hydrogens is 354 g/mol. The molecule has 2 aromatic rings. The van der Waals surface area contributed by atoms with Crippen LogP contribution in [0.4, 0.5) is 5.69 Å². The first-order chi connectivity index (χ1) is 12.3. The van der Waals surface area contributed by atoms with Gasteiger partial charge in [0.1, 0.15) is 16.3 Å². The minimum atomic E-state index is -4.01. The zero-order chi connectivity index (χ0) is 19.3. The van der Waals surface area contributed by atoms with Gasteiger partial charge in [-0.3, -0.25) is 14.5 Å². The minimum absolute atomic E-state index is 0.0790. The number of amides is 1. The molecule has 0 bridgehead atoms. The number of benzene rings is 1. The molecule has 0 saturated carbocycles. The molecule has 0 aliphatic heterocycles. The van der Waals surface area contributed by atoms with Crippen molar-refractivity contribution in [3.63, 3.8) is 0 Å². The van der Waals surface area contributed by atoms with Gasteiger partial charge in [-0.2, -0.15) is 0 Å². The molecule has 8 heteroatoms. The van der Waals surface area contributed by atoms with Crippen molar-refractivity contribution in [1.82, 2.24) is 10.3 Å². The molecule has 1 aromatic heterocycles. The van der Waals surface area contributed by atoms with E-state index in [1.165, 1.54) is 31.6 Å². The van der Waals surface area contributed by atoms with Gasteiger partial charge in [0.25, 0.3) is 15.9 Å². The summed E-state index contributed by atoms with van der Waals surface area (Å²) in [7, 11) is -2.58. The summed E-state index contributed by atoms with van der Waals surface area (Å²) >= 11 is 0. The first-order valence-electron chi connectivity index (χ1n) is 8.17. The molecule has 1 aromatic carbocycles. The maximum Gasteiger partial charge on any atom is 0.262 e. The standard InChI is InChI=1S/C18H23N3O4S/c1-12(2)13(3)20-18(22)14-7-5-6-8-17(14)26(23,24)21-15-11-19-10-9-16(15)25-4/h5-13,21H,1-4H3,(H,20,22)/t13-/m0/s1. The first kappa shape index (κ1) is 19.7. The number of pyridine rings is 1. The molecule has 7 nitrogen and oxygen atoms in total. The highest BCUT2D eigenvalue weighted by molar-refractivity contribution is 7.92. The number of anilines is 1. The summed E-state index contributed by atoms with van der Waals surface area (Å²) in [5.74, 6) is 0.116. The summed E-state index contributed by atoms with van der Waals surface area (Å²) in [6.07, 6.45) is 2.84.